The van der Waals surface area contributed by atoms with Crippen LogP contribution < -0.4 is 0 Å². The summed E-state index contributed by atoms with van der Waals surface area (Å²) in [5.74, 6) is 12.8. The fourth-order valence-electron chi connectivity index (χ4n) is 7.26. The maximum atomic E-state index is 12.6. The van der Waals surface area contributed by atoms with Crippen LogP contribution >= 0.6 is 0 Å². The summed E-state index contributed by atoms with van der Waals surface area (Å²) in [6, 6.07) is 25.4. The highest BCUT2D eigenvalue weighted by atomic mass is 32.2. The van der Waals surface area contributed by atoms with E-state index in [1.54, 1.807) is 62.8 Å². The minimum atomic E-state index is -3.50. The number of ether oxygens (including phenoxy) is 6. The van der Waals surface area contributed by atoms with Gasteiger partial charge in [0, 0.05) is 68.3 Å². The third-order valence-corrected chi connectivity index (χ3v) is 14.2. The van der Waals surface area contributed by atoms with E-state index in [4.69, 9.17) is 38.6 Å². The van der Waals surface area contributed by atoms with E-state index in [9.17, 15) is 16.8 Å². The molecule has 0 unspecified atom stereocenters. The second kappa shape index (κ2) is 25.2. The Morgan fingerprint density at radius 2 is 0.794 bits per heavy atom. The van der Waals surface area contributed by atoms with E-state index in [0.717, 1.165) is 33.4 Å². The molecule has 0 fully saturated rings. The summed E-state index contributed by atoms with van der Waals surface area (Å²) in [5.41, 5.74) is 6.62. The first-order chi connectivity index (χ1) is 30.6. The molecule has 0 bridgehead atoms. The van der Waals surface area contributed by atoms with E-state index >= 15 is 0 Å². The van der Waals surface area contributed by atoms with Crippen molar-refractivity contribution < 1.29 is 55.5 Å². The minimum absolute atomic E-state index is 0.127. The predicted molar refractivity (Wildman–Crippen MR) is 241 cm³/mol. The molecule has 0 atom stereocenters. The molecule has 1 aliphatic rings. The second-order valence-corrected chi connectivity index (χ2v) is 19.1. The number of sulfone groups is 2. The zero-order chi connectivity index (χ0) is 45.0. The third-order valence-electron chi connectivity index (χ3n) is 10.6. The lowest BCUT2D eigenvalue weighted by molar-refractivity contribution is 0.0145. The number of aliphatic hydroxyl groups is 2. The van der Waals surface area contributed by atoms with Crippen molar-refractivity contribution in [3.05, 3.63) is 118 Å². The summed E-state index contributed by atoms with van der Waals surface area (Å²) in [5, 5.41) is 18.2. The highest BCUT2D eigenvalue weighted by molar-refractivity contribution is 7.91. The van der Waals surface area contributed by atoms with Gasteiger partial charge in [-0.2, -0.15) is 0 Å². The summed E-state index contributed by atoms with van der Waals surface area (Å²) >= 11 is 0. The average molecular weight is 903 g/mol. The van der Waals surface area contributed by atoms with Gasteiger partial charge in [-0.15, -0.1) is 0 Å². The highest BCUT2D eigenvalue weighted by Gasteiger charge is 2.43. The van der Waals surface area contributed by atoms with Crippen LogP contribution in [0.25, 0.3) is 11.1 Å². The molecule has 0 saturated carbocycles. The molecule has 4 aromatic carbocycles. The molecule has 5 rings (SSSR count). The Morgan fingerprint density at radius 1 is 0.460 bits per heavy atom. The van der Waals surface area contributed by atoms with Crippen molar-refractivity contribution in [3.8, 4) is 34.8 Å². The van der Waals surface area contributed by atoms with E-state index in [1.807, 2.05) is 12.1 Å². The van der Waals surface area contributed by atoms with Crippen molar-refractivity contribution in [3.63, 3.8) is 0 Å². The zero-order valence-corrected chi connectivity index (χ0v) is 37.7. The van der Waals surface area contributed by atoms with Crippen molar-refractivity contribution in [2.45, 2.75) is 40.9 Å². The van der Waals surface area contributed by atoms with E-state index < -0.39 is 25.1 Å². The number of rotatable bonds is 26. The van der Waals surface area contributed by atoms with Crippen molar-refractivity contribution in [2.75, 3.05) is 105 Å². The van der Waals surface area contributed by atoms with Crippen molar-refractivity contribution >= 4 is 19.7 Å². The van der Waals surface area contributed by atoms with Gasteiger partial charge in [0.15, 0.2) is 19.7 Å². The van der Waals surface area contributed by atoms with Crippen LogP contribution in [0.3, 0.4) is 0 Å². The van der Waals surface area contributed by atoms with Gasteiger partial charge >= 0.3 is 0 Å². The lowest BCUT2D eigenvalue weighted by Gasteiger charge is -2.32. The smallest absolute Gasteiger partial charge is 0.178 e. The summed E-state index contributed by atoms with van der Waals surface area (Å²) in [6.45, 7) is 4.12. The molecule has 0 radical (unpaired) electrons. The summed E-state index contributed by atoms with van der Waals surface area (Å²) in [7, 11) is -3.75. The largest absolute Gasteiger partial charge is 0.396 e. The molecule has 1 aliphatic carbocycles. The zero-order valence-electron chi connectivity index (χ0n) is 36.1. The van der Waals surface area contributed by atoms with Gasteiger partial charge in [0.25, 0.3) is 0 Å². The molecule has 14 heteroatoms. The van der Waals surface area contributed by atoms with Crippen LogP contribution in [0.5, 0.6) is 0 Å². The van der Waals surface area contributed by atoms with Crippen LogP contribution in [0, 0.1) is 23.7 Å². The van der Waals surface area contributed by atoms with Crippen LogP contribution in [0.1, 0.15) is 59.1 Å². The molecule has 63 heavy (non-hydrogen) atoms. The Balaban J connectivity index is 1.49. The minimum Gasteiger partial charge on any atom is -0.396 e. The van der Waals surface area contributed by atoms with Gasteiger partial charge < -0.3 is 38.6 Å². The van der Waals surface area contributed by atoms with E-state index in [-0.39, 0.29) is 47.4 Å². The Kier molecular flexibility index (Phi) is 19.8. The molecule has 0 aromatic heterocycles. The highest BCUT2D eigenvalue weighted by Crippen LogP contribution is 2.53. The Bertz CT molecular complexity index is 2240. The van der Waals surface area contributed by atoms with Gasteiger partial charge in [-0.1, -0.05) is 35.8 Å². The van der Waals surface area contributed by atoms with Crippen molar-refractivity contribution in [1.29, 1.82) is 0 Å². The maximum absolute atomic E-state index is 12.6. The van der Waals surface area contributed by atoms with Crippen LogP contribution in [0.4, 0.5) is 0 Å². The van der Waals surface area contributed by atoms with Gasteiger partial charge in [-0.3, -0.25) is 0 Å². The Morgan fingerprint density at radius 3 is 1.16 bits per heavy atom. The lowest BCUT2D eigenvalue weighted by atomic mass is 9.72. The van der Waals surface area contributed by atoms with E-state index in [1.165, 1.54) is 0 Å². The first-order valence-electron chi connectivity index (χ1n) is 21.1. The molecule has 338 valence electrons. The monoisotopic (exact) mass is 902 g/mol. The molecular weight excluding hydrogens is 845 g/mol. The fraction of sp³-hybridized carbons (Fsp3) is 0.429. The van der Waals surface area contributed by atoms with Crippen LogP contribution in [0.15, 0.2) is 94.7 Å². The predicted octanol–water partition coefficient (Wildman–Crippen LogP) is 5.20. The third kappa shape index (κ3) is 14.3. The molecular formula is C49H58O12S2. The number of hydrogen-bond donors (Lipinski definition) is 2. The van der Waals surface area contributed by atoms with E-state index in [0.29, 0.717) is 90.0 Å². The Labute approximate surface area is 372 Å². The van der Waals surface area contributed by atoms with Gasteiger partial charge in [0.1, 0.15) is 0 Å². The van der Waals surface area contributed by atoms with E-state index in [2.05, 4.69) is 47.9 Å². The van der Waals surface area contributed by atoms with Crippen molar-refractivity contribution in [1.82, 2.24) is 0 Å². The van der Waals surface area contributed by atoms with Gasteiger partial charge in [-0.25, -0.2) is 16.8 Å². The average Bonchev–Trinajstić information content (AvgIpc) is 3.56. The van der Waals surface area contributed by atoms with Gasteiger partial charge in [0.2, 0.25) is 0 Å². The number of methoxy groups -OCH3 is 2. The molecule has 0 amide bonds. The summed E-state index contributed by atoms with van der Waals surface area (Å²) in [6.07, 6.45) is 1.58. The Hall–Kier alpha value is -4.42. The molecule has 0 heterocycles. The normalized spacial score (nSPS) is 12.8. The van der Waals surface area contributed by atoms with Crippen LogP contribution in [0.2, 0.25) is 0 Å². The number of benzene rings is 4. The fourth-order valence-corrected chi connectivity index (χ4v) is 9.85. The quantitative estimate of drug-likeness (QED) is 0.0627. The van der Waals surface area contributed by atoms with Gasteiger partial charge in [-0.05, 0) is 121 Å². The second-order valence-electron chi connectivity index (χ2n) is 14.9. The number of aliphatic hydroxyl groups excluding tert-OH is 2. The SMILES string of the molecule is COCCOCCOCCC1(CCOCCOCCOC)c2cc(C#Cc3ccc(S(=O)(=O)CCCO)cc3)ccc2-c2ccc(C#Cc3ccc(S(=O)(=O)CCCO)cc3)cc21. The summed E-state index contributed by atoms with van der Waals surface area (Å²) in [4.78, 5) is 0.383. The van der Waals surface area contributed by atoms with Gasteiger partial charge in [0.05, 0.1) is 74.2 Å². The molecule has 0 aliphatic heterocycles. The standard InChI is InChI=1S/C49H58O12S2/c1-56-27-29-60-33-31-58-25-21-49(22-26-59-32-34-61-30-28-57-2)47-37-41(7-5-39-9-15-43(16-10-39)62(52,53)35-3-23-50)13-19-45(47)46-20-14-42(38-48(46)49)8-6-40-11-17-44(18-12-40)63(54,55)36-4-24-51/h9-20,37-38,50-51H,3-4,21-36H2,1-2H3. The topological polar surface area (TPSA) is 164 Å². The first kappa shape index (κ1) is 49.6. The van der Waals surface area contributed by atoms with Crippen molar-refractivity contribution in [2.24, 2.45) is 0 Å². The number of fused-ring (bicyclic) bond motifs is 3. The first-order valence-corrected chi connectivity index (χ1v) is 24.4. The van der Waals surface area contributed by atoms with Crippen LogP contribution in [-0.4, -0.2) is 132 Å². The summed E-state index contributed by atoms with van der Waals surface area (Å²) < 4.78 is 84.4. The van der Waals surface area contributed by atoms with Crippen LogP contribution in [-0.2, 0) is 53.5 Å². The molecule has 0 spiro atoms. The molecule has 2 N–H and O–H groups in total. The lowest BCUT2D eigenvalue weighted by Crippen LogP contribution is -2.30. The molecule has 12 nitrogen and oxygen atoms in total. The number of hydrogen-bond acceptors (Lipinski definition) is 12. The molecule has 4 aromatic rings. The molecule has 0 saturated heterocycles. The maximum Gasteiger partial charge on any atom is 0.178 e.